The van der Waals surface area contributed by atoms with Crippen molar-refractivity contribution in [3.05, 3.63) is 41.3 Å². The van der Waals surface area contributed by atoms with Crippen molar-refractivity contribution in [1.29, 1.82) is 0 Å². The number of rotatable bonds is 6. The van der Waals surface area contributed by atoms with E-state index < -0.39 is 5.97 Å². The fourth-order valence-corrected chi connectivity index (χ4v) is 4.56. The highest BCUT2D eigenvalue weighted by Gasteiger charge is 2.31. The number of carbonyl (C=O) groups is 2. The largest absolute Gasteiger partial charge is 0.462 e. The van der Waals surface area contributed by atoms with Gasteiger partial charge in [0.05, 0.1) is 24.9 Å². The summed E-state index contributed by atoms with van der Waals surface area (Å²) in [6.45, 7) is 9.35. The number of amides is 1. The summed E-state index contributed by atoms with van der Waals surface area (Å²) >= 11 is 1.34. The summed E-state index contributed by atoms with van der Waals surface area (Å²) < 4.78 is 11.0. The van der Waals surface area contributed by atoms with Gasteiger partial charge in [0.25, 0.3) is 0 Å². The summed E-state index contributed by atoms with van der Waals surface area (Å²) in [6.07, 6.45) is 0.158. The lowest BCUT2D eigenvalue weighted by Crippen LogP contribution is -2.52. The van der Waals surface area contributed by atoms with Crippen molar-refractivity contribution < 1.29 is 19.1 Å². The van der Waals surface area contributed by atoms with Gasteiger partial charge in [0.2, 0.25) is 5.91 Å². The summed E-state index contributed by atoms with van der Waals surface area (Å²) in [4.78, 5) is 27.7. The van der Waals surface area contributed by atoms with E-state index in [0.29, 0.717) is 23.7 Å². The Morgan fingerprint density at radius 1 is 1.24 bits per heavy atom. The Kier molecular flexibility index (Phi) is 7.05. The Labute approximate surface area is 175 Å². The molecule has 0 aliphatic carbocycles. The summed E-state index contributed by atoms with van der Waals surface area (Å²) in [6, 6.07) is 9.31. The van der Waals surface area contributed by atoms with Crippen molar-refractivity contribution in [3.8, 4) is 11.1 Å². The van der Waals surface area contributed by atoms with E-state index in [9.17, 15) is 9.59 Å². The zero-order valence-corrected chi connectivity index (χ0v) is 18.1. The van der Waals surface area contributed by atoms with Gasteiger partial charge < -0.3 is 14.8 Å². The van der Waals surface area contributed by atoms with Gasteiger partial charge in [-0.25, -0.2) is 4.79 Å². The normalized spacial score (nSPS) is 20.8. The van der Waals surface area contributed by atoms with Crippen LogP contribution in [-0.4, -0.2) is 54.7 Å². The first kappa shape index (κ1) is 21.5. The lowest BCUT2D eigenvalue weighted by Gasteiger charge is -2.38. The maximum absolute atomic E-state index is 13.0. The van der Waals surface area contributed by atoms with E-state index >= 15 is 0 Å². The Morgan fingerprint density at radius 3 is 2.52 bits per heavy atom. The summed E-state index contributed by atoms with van der Waals surface area (Å²) in [5.41, 5.74) is 2.09. The molecule has 3 atom stereocenters. The minimum Gasteiger partial charge on any atom is -0.462 e. The second-order valence-corrected chi connectivity index (χ2v) is 8.20. The lowest BCUT2D eigenvalue weighted by atomic mass is 10.0. The zero-order chi connectivity index (χ0) is 21.0. The average molecular weight is 417 g/mol. The molecule has 1 saturated heterocycles. The highest BCUT2D eigenvalue weighted by Crippen LogP contribution is 2.36. The third-order valence-electron chi connectivity index (χ3n) is 4.97. The molecular formula is C22H28N2O4S. The minimum absolute atomic E-state index is 0.0792. The molecule has 29 heavy (non-hydrogen) atoms. The van der Waals surface area contributed by atoms with Crippen LogP contribution in [0, 0.1) is 0 Å². The van der Waals surface area contributed by atoms with Gasteiger partial charge >= 0.3 is 5.97 Å². The van der Waals surface area contributed by atoms with Crippen molar-refractivity contribution in [2.75, 3.05) is 25.0 Å². The maximum Gasteiger partial charge on any atom is 0.341 e. The van der Waals surface area contributed by atoms with Crippen LogP contribution in [-0.2, 0) is 14.3 Å². The molecule has 7 heteroatoms. The first-order valence-corrected chi connectivity index (χ1v) is 10.8. The molecule has 3 rings (SSSR count). The molecule has 1 aromatic carbocycles. The first-order chi connectivity index (χ1) is 13.9. The number of morpholine rings is 1. The molecule has 1 aliphatic heterocycles. The number of carbonyl (C=O) groups excluding carboxylic acids is 2. The van der Waals surface area contributed by atoms with E-state index in [1.54, 1.807) is 6.92 Å². The molecule has 2 aromatic rings. The molecule has 1 aliphatic rings. The van der Waals surface area contributed by atoms with Crippen molar-refractivity contribution in [2.24, 2.45) is 0 Å². The molecule has 0 spiro atoms. The topological polar surface area (TPSA) is 67.9 Å². The van der Waals surface area contributed by atoms with Crippen LogP contribution in [0.15, 0.2) is 35.7 Å². The third-order valence-corrected chi connectivity index (χ3v) is 5.86. The van der Waals surface area contributed by atoms with Crippen LogP contribution in [0.2, 0.25) is 0 Å². The molecule has 2 heterocycles. The van der Waals surface area contributed by atoms with Crippen molar-refractivity contribution in [2.45, 2.75) is 45.9 Å². The van der Waals surface area contributed by atoms with Gasteiger partial charge in [0.15, 0.2) is 0 Å². The number of ether oxygens (including phenoxy) is 2. The summed E-state index contributed by atoms with van der Waals surface area (Å²) in [5.74, 6) is -0.567. The average Bonchev–Trinajstić information content (AvgIpc) is 3.11. The zero-order valence-electron chi connectivity index (χ0n) is 17.3. The van der Waals surface area contributed by atoms with Crippen molar-refractivity contribution in [3.63, 3.8) is 0 Å². The Balaban J connectivity index is 1.83. The quantitative estimate of drug-likeness (QED) is 0.720. The highest BCUT2D eigenvalue weighted by atomic mass is 32.1. The standard InChI is InChI=1S/C22H28N2O4S/c1-5-27-22(26)19-18(17-9-7-6-8-10-17)13-29-21(19)23-20(25)16(4)24-11-14(2)28-15(3)12-24/h6-10,13-16H,5,11-12H2,1-4H3,(H,23,25)/t14-,15+,16-/m1/s1. The van der Waals surface area contributed by atoms with E-state index in [2.05, 4.69) is 10.2 Å². The number of nitrogens with one attached hydrogen (secondary N) is 1. The van der Waals surface area contributed by atoms with Gasteiger partial charge in [-0.3, -0.25) is 9.69 Å². The van der Waals surface area contributed by atoms with Gasteiger partial charge in [-0.1, -0.05) is 30.3 Å². The van der Waals surface area contributed by atoms with Gasteiger partial charge in [-0.15, -0.1) is 11.3 Å². The SMILES string of the molecule is CCOC(=O)c1c(-c2ccccc2)csc1NC(=O)[C@@H](C)N1C[C@@H](C)O[C@@H](C)C1. The van der Waals surface area contributed by atoms with Gasteiger partial charge in [-0.2, -0.15) is 0 Å². The molecule has 0 radical (unpaired) electrons. The fraction of sp³-hybridized carbons (Fsp3) is 0.455. The molecule has 6 nitrogen and oxygen atoms in total. The predicted octanol–water partition coefficient (Wildman–Crippen LogP) is 4.03. The van der Waals surface area contributed by atoms with E-state index in [0.717, 1.165) is 11.1 Å². The molecule has 156 valence electrons. The number of nitrogens with zero attached hydrogens (tertiary/aromatic N) is 1. The fourth-order valence-electron chi connectivity index (χ4n) is 3.60. The minimum atomic E-state index is -0.427. The van der Waals surface area contributed by atoms with Crippen LogP contribution in [0.5, 0.6) is 0 Å². The second-order valence-electron chi connectivity index (χ2n) is 7.32. The van der Waals surface area contributed by atoms with Crippen LogP contribution < -0.4 is 5.32 Å². The van der Waals surface area contributed by atoms with Crippen LogP contribution in [0.1, 0.15) is 38.1 Å². The molecular weight excluding hydrogens is 388 g/mol. The van der Waals surface area contributed by atoms with Crippen molar-refractivity contribution in [1.82, 2.24) is 4.90 Å². The Morgan fingerprint density at radius 2 is 1.90 bits per heavy atom. The van der Waals surface area contributed by atoms with E-state index in [1.165, 1.54) is 11.3 Å². The maximum atomic E-state index is 13.0. The van der Waals surface area contributed by atoms with Crippen LogP contribution in [0.25, 0.3) is 11.1 Å². The summed E-state index contributed by atoms with van der Waals surface area (Å²) in [5, 5.41) is 5.37. The molecule has 0 bridgehead atoms. The number of hydrogen-bond donors (Lipinski definition) is 1. The van der Waals surface area contributed by atoms with Crippen LogP contribution in [0.4, 0.5) is 5.00 Å². The number of esters is 1. The van der Waals surface area contributed by atoms with Gasteiger partial charge in [0.1, 0.15) is 10.6 Å². The molecule has 1 fully saturated rings. The van der Waals surface area contributed by atoms with Gasteiger partial charge in [0, 0.05) is 24.0 Å². The third kappa shape index (κ3) is 5.04. The molecule has 1 N–H and O–H groups in total. The highest BCUT2D eigenvalue weighted by molar-refractivity contribution is 7.15. The van der Waals surface area contributed by atoms with E-state index in [-0.39, 0.29) is 30.8 Å². The number of anilines is 1. The smallest absolute Gasteiger partial charge is 0.341 e. The molecule has 0 unspecified atom stereocenters. The molecule has 1 amide bonds. The van der Waals surface area contributed by atoms with Crippen LogP contribution in [0.3, 0.4) is 0 Å². The predicted molar refractivity (Wildman–Crippen MR) is 115 cm³/mol. The Hall–Kier alpha value is -2.22. The molecule has 1 aromatic heterocycles. The number of thiophene rings is 1. The molecule has 0 saturated carbocycles. The monoisotopic (exact) mass is 416 g/mol. The lowest BCUT2D eigenvalue weighted by molar-refractivity contribution is -0.126. The number of hydrogen-bond acceptors (Lipinski definition) is 6. The summed E-state index contributed by atoms with van der Waals surface area (Å²) in [7, 11) is 0. The van der Waals surface area contributed by atoms with Crippen LogP contribution >= 0.6 is 11.3 Å². The van der Waals surface area contributed by atoms with Crippen molar-refractivity contribution >= 4 is 28.2 Å². The Bertz CT molecular complexity index is 842. The van der Waals surface area contributed by atoms with Gasteiger partial charge in [-0.05, 0) is 33.3 Å². The van der Waals surface area contributed by atoms with E-state index in [1.807, 2.05) is 56.5 Å². The van der Waals surface area contributed by atoms with E-state index in [4.69, 9.17) is 9.47 Å². The second kappa shape index (κ2) is 9.52. The number of benzene rings is 1. The first-order valence-electron chi connectivity index (χ1n) is 9.95.